The van der Waals surface area contributed by atoms with E-state index < -0.39 is 0 Å². The van der Waals surface area contributed by atoms with Crippen molar-refractivity contribution in [1.29, 1.82) is 0 Å². The molecule has 0 saturated carbocycles. The molecule has 2 atom stereocenters. The fourth-order valence-electron chi connectivity index (χ4n) is 3.46. The van der Waals surface area contributed by atoms with Gasteiger partial charge in [-0.05, 0) is 38.6 Å². The number of hydrogen-bond acceptors (Lipinski definition) is 3. The molecule has 0 spiro atoms. The second-order valence-electron chi connectivity index (χ2n) is 5.72. The topological polar surface area (TPSA) is 44.4 Å². The molecule has 0 aromatic carbocycles. The summed E-state index contributed by atoms with van der Waals surface area (Å²) in [7, 11) is 1.72. The molecule has 4 nitrogen and oxygen atoms in total. The molecule has 0 aromatic rings. The number of nitrogens with one attached hydrogen (secondary N) is 2. The van der Waals surface area contributed by atoms with Gasteiger partial charge in [0.25, 0.3) is 0 Å². The van der Waals surface area contributed by atoms with Gasteiger partial charge in [0.1, 0.15) is 0 Å². The van der Waals surface area contributed by atoms with E-state index in [-0.39, 0.29) is 5.91 Å². The van der Waals surface area contributed by atoms with Crippen LogP contribution in [0.4, 0.5) is 0 Å². The lowest BCUT2D eigenvalue weighted by Gasteiger charge is -2.37. The van der Waals surface area contributed by atoms with E-state index in [1.54, 1.807) is 7.05 Å². The van der Waals surface area contributed by atoms with Crippen LogP contribution in [0.15, 0.2) is 0 Å². The highest BCUT2D eigenvalue weighted by Crippen LogP contribution is 2.29. The number of fused-ring (bicyclic) bond motifs is 2. The molecule has 2 heterocycles. The molecule has 0 aliphatic carbocycles. The zero-order chi connectivity index (χ0) is 13.0. The Bertz CT molecular complexity index is 270. The highest BCUT2D eigenvalue weighted by atomic mass is 16.1. The SMILES string of the molecule is CCCN(CCC(=O)NC)C1CC2CCC(C1)N2. The predicted octanol–water partition coefficient (Wildman–Crippen LogP) is 1.12. The Morgan fingerprint density at radius 2 is 1.94 bits per heavy atom. The molecule has 2 aliphatic rings. The Hall–Kier alpha value is -0.610. The smallest absolute Gasteiger partial charge is 0.221 e. The zero-order valence-electron chi connectivity index (χ0n) is 11.7. The Balaban J connectivity index is 1.86. The first-order valence-electron chi connectivity index (χ1n) is 7.43. The molecule has 2 aliphatic heterocycles. The summed E-state index contributed by atoms with van der Waals surface area (Å²) in [4.78, 5) is 13.9. The van der Waals surface area contributed by atoms with Gasteiger partial charge < -0.3 is 10.6 Å². The van der Waals surface area contributed by atoms with E-state index in [9.17, 15) is 4.79 Å². The number of carbonyl (C=O) groups is 1. The molecule has 104 valence electrons. The van der Waals surface area contributed by atoms with Gasteiger partial charge in [-0.2, -0.15) is 0 Å². The molecule has 2 N–H and O–H groups in total. The molecule has 0 radical (unpaired) electrons. The van der Waals surface area contributed by atoms with Crippen LogP contribution in [0.25, 0.3) is 0 Å². The fraction of sp³-hybridized carbons (Fsp3) is 0.929. The number of amides is 1. The summed E-state index contributed by atoms with van der Waals surface area (Å²) >= 11 is 0. The second kappa shape index (κ2) is 6.53. The van der Waals surface area contributed by atoms with Gasteiger partial charge in [-0.25, -0.2) is 0 Å². The van der Waals surface area contributed by atoms with Gasteiger partial charge in [0.15, 0.2) is 0 Å². The minimum atomic E-state index is 0.160. The minimum absolute atomic E-state index is 0.160. The standard InChI is InChI=1S/C14H27N3O/c1-3-7-17(8-6-14(18)15-2)13-9-11-4-5-12(10-13)16-11/h11-13,16H,3-10H2,1-2H3,(H,15,18). The maximum Gasteiger partial charge on any atom is 0.221 e. The van der Waals surface area contributed by atoms with Crippen molar-refractivity contribution in [2.75, 3.05) is 20.1 Å². The van der Waals surface area contributed by atoms with E-state index in [0.29, 0.717) is 12.5 Å². The number of carbonyl (C=O) groups excluding carboxylic acids is 1. The lowest BCUT2D eigenvalue weighted by molar-refractivity contribution is -0.121. The minimum Gasteiger partial charge on any atom is -0.359 e. The van der Waals surface area contributed by atoms with E-state index in [2.05, 4.69) is 22.5 Å². The highest BCUT2D eigenvalue weighted by Gasteiger charge is 2.35. The average molecular weight is 253 g/mol. The molecule has 4 heteroatoms. The van der Waals surface area contributed by atoms with Crippen molar-refractivity contribution in [1.82, 2.24) is 15.5 Å². The molecule has 2 fully saturated rings. The first kappa shape index (κ1) is 13.8. The van der Waals surface area contributed by atoms with Gasteiger partial charge in [-0.1, -0.05) is 6.92 Å². The van der Waals surface area contributed by atoms with E-state index in [1.807, 2.05) is 0 Å². The van der Waals surface area contributed by atoms with Crippen LogP contribution in [0.2, 0.25) is 0 Å². The lowest BCUT2D eigenvalue weighted by Crippen LogP contribution is -2.49. The van der Waals surface area contributed by atoms with Crippen molar-refractivity contribution in [3.8, 4) is 0 Å². The second-order valence-corrected chi connectivity index (χ2v) is 5.72. The number of hydrogen-bond donors (Lipinski definition) is 2. The van der Waals surface area contributed by atoms with Gasteiger partial charge in [0.05, 0.1) is 0 Å². The normalized spacial score (nSPS) is 30.7. The lowest BCUT2D eigenvalue weighted by atomic mass is 9.97. The summed E-state index contributed by atoms with van der Waals surface area (Å²) in [5.74, 6) is 0.160. The molecule has 2 unspecified atom stereocenters. The number of rotatable bonds is 6. The molecule has 2 rings (SSSR count). The maximum absolute atomic E-state index is 11.4. The summed E-state index contributed by atoms with van der Waals surface area (Å²) in [6.45, 7) is 4.27. The Kier molecular flexibility index (Phi) is 5.01. The monoisotopic (exact) mass is 253 g/mol. The number of nitrogens with zero attached hydrogens (tertiary/aromatic N) is 1. The van der Waals surface area contributed by atoms with Crippen LogP contribution in [0.5, 0.6) is 0 Å². The van der Waals surface area contributed by atoms with Crippen molar-refractivity contribution < 1.29 is 4.79 Å². The maximum atomic E-state index is 11.4. The fourth-order valence-corrected chi connectivity index (χ4v) is 3.46. The molecule has 1 amide bonds. The summed E-state index contributed by atoms with van der Waals surface area (Å²) in [5, 5.41) is 6.40. The average Bonchev–Trinajstić information content (AvgIpc) is 2.72. The number of piperidine rings is 1. The van der Waals surface area contributed by atoms with Gasteiger partial charge in [0, 0.05) is 38.1 Å². The third-order valence-electron chi connectivity index (χ3n) is 4.38. The third kappa shape index (κ3) is 3.45. The molecular formula is C14H27N3O. The van der Waals surface area contributed by atoms with E-state index in [0.717, 1.165) is 25.2 Å². The van der Waals surface area contributed by atoms with Gasteiger partial charge in [-0.3, -0.25) is 9.69 Å². The van der Waals surface area contributed by atoms with Crippen LogP contribution < -0.4 is 10.6 Å². The van der Waals surface area contributed by atoms with Crippen LogP contribution in [0.3, 0.4) is 0 Å². The van der Waals surface area contributed by atoms with Gasteiger partial charge >= 0.3 is 0 Å². The van der Waals surface area contributed by atoms with Crippen LogP contribution in [-0.4, -0.2) is 49.1 Å². The quantitative estimate of drug-likeness (QED) is 0.745. The van der Waals surface area contributed by atoms with Crippen LogP contribution in [-0.2, 0) is 4.79 Å². The third-order valence-corrected chi connectivity index (χ3v) is 4.38. The van der Waals surface area contributed by atoms with Crippen molar-refractivity contribution in [2.45, 2.75) is 63.6 Å². The molecule has 2 saturated heterocycles. The van der Waals surface area contributed by atoms with E-state index >= 15 is 0 Å². The van der Waals surface area contributed by atoms with Crippen LogP contribution >= 0.6 is 0 Å². The molecule has 2 bridgehead atoms. The first-order chi connectivity index (χ1) is 8.72. The van der Waals surface area contributed by atoms with Crippen molar-refractivity contribution >= 4 is 5.91 Å². The van der Waals surface area contributed by atoms with Crippen molar-refractivity contribution in [3.05, 3.63) is 0 Å². The summed E-state index contributed by atoms with van der Waals surface area (Å²) < 4.78 is 0. The largest absolute Gasteiger partial charge is 0.359 e. The predicted molar refractivity (Wildman–Crippen MR) is 73.5 cm³/mol. The summed E-state index contributed by atoms with van der Waals surface area (Å²) in [6.07, 6.45) is 7.03. The summed E-state index contributed by atoms with van der Waals surface area (Å²) in [5.41, 5.74) is 0. The van der Waals surface area contributed by atoms with Gasteiger partial charge in [0.2, 0.25) is 5.91 Å². The van der Waals surface area contributed by atoms with Crippen molar-refractivity contribution in [2.24, 2.45) is 0 Å². The molecule has 0 aromatic heterocycles. The Labute approximate surface area is 110 Å². The molecule has 18 heavy (non-hydrogen) atoms. The highest BCUT2D eigenvalue weighted by molar-refractivity contribution is 5.75. The Morgan fingerprint density at radius 3 is 2.50 bits per heavy atom. The Morgan fingerprint density at radius 1 is 1.28 bits per heavy atom. The first-order valence-corrected chi connectivity index (χ1v) is 7.43. The summed E-state index contributed by atoms with van der Waals surface area (Å²) in [6, 6.07) is 2.15. The van der Waals surface area contributed by atoms with Crippen LogP contribution in [0, 0.1) is 0 Å². The van der Waals surface area contributed by atoms with Crippen LogP contribution in [0.1, 0.15) is 45.4 Å². The van der Waals surface area contributed by atoms with Crippen molar-refractivity contribution in [3.63, 3.8) is 0 Å². The zero-order valence-corrected chi connectivity index (χ0v) is 11.7. The van der Waals surface area contributed by atoms with Gasteiger partial charge in [-0.15, -0.1) is 0 Å². The van der Waals surface area contributed by atoms with E-state index in [4.69, 9.17) is 0 Å². The molecular weight excluding hydrogens is 226 g/mol. The van der Waals surface area contributed by atoms with E-state index in [1.165, 1.54) is 32.1 Å².